The first-order valence-electron chi connectivity index (χ1n) is 9.96. The summed E-state index contributed by atoms with van der Waals surface area (Å²) in [5.41, 5.74) is 2.22. The van der Waals surface area contributed by atoms with E-state index in [2.05, 4.69) is 4.98 Å². The number of benzene rings is 2. The summed E-state index contributed by atoms with van der Waals surface area (Å²) in [6, 6.07) is 16.5. The van der Waals surface area contributed by atoms with Crippen LogP contribution in [0.1, 0.15) is 35.5 Å². The van der Waals surface area contributed by atoms with Crippen molar-refractivity contribution >= 4 is 0 Å². The molecule has 1 aliphatic rings. The minimum atomic E-state index is -4.56. The van der Waals surface area contributed by atoms with Crippen molar-refractivity contribution in [2.24, 2.45) is 0 Å². The second-order valence-corrected chi connectivity index (χ2v) is 7.61. The summed E-state index contributed by atoms with van der Waals surface area (Å²) in [5, 5.41) is 0. The Balaban J connectivity index is 1.62. The standard InChI is InChI=1S/C23H22F3N3O2/c1-16(28-12-18-9-5-6-10-19(18)13-28)21-27-11-20(22(30)29(21)15-23(24,25)26)31-14-17-7-3-2-4-8-17/h2-11,16H,12-15H2,1H3/t16-/m0/s1. The average Bonchev–Trinajstić information content (AvgIpc) is 3.18. The van der Waals surface area contributed by atoms with E-state index in [4.69, 9.17) is 4.74 Å². The quantitative estimate of drug-likeness (QED) is 0.581. The molecule has 3 aromatic rings. The molecule has 1 aliphatic heterocycles. The first kappa shape index (κ1) is 21.1. The van der Waals surface area contributed by atoms with E-state index in [0.717, 1.165) is 16.7 Å². The molecular weight excluding hydrogens is 407 g/mol. The molecule has 0 fully saturated rings. The Hall–Kier alpha value is -3.13. The van der Waals surface area contributed by atoms with Crippen molar-refractivity contribution in [3.63, 3.8) is 0 Å². The van der Waals surface area contributed by atoms with Gasteiger partial charge < -0.3 is 4.74 Å². The van der Waals surface area contributed by atoms with Crippen LogP contribution < -0.4 is 10.3 Å². The third kappa shape index (κ3) is 4.80. The van der Waals surface area contributed by atoms with Crippen molar-refractivity contribution in [1.82, 2.24) is 14.5 Å². The van der Waals surface area contributed by atoms with Crippen molar-refractivity contribution in [3.05, 3.63) is 93.7 Å². The highest BCUT2D eigenvalue weighted by molar-refractivity contribution is 5.31. The molecule has 31 heavy (non-hydrogen) atoms. The maximum absolute atomic E-state index is 13.3. The molecule has 2 heterocycles. The number of ether oxygens (including phenoxy) is 1. The lowest BCUT2D eigenvalue weighted by Gasteiger charge is -2.26. The van der Waals surface area contributed by atoms with Gasteiger partial charge in [0.2, 0.25) is 5.75 Å². The molecule has 0 unspecified atom stereocenters. The molecule has 2 aromatic carbocycles. The van der Waals surface area contributed by atoms with Crippen LogP contribution in [0.15, 0.2) is 65.6 Å². The van der Waals surface area contributed by atoms with Gasteiger partial charge in [0.05, 0.1) is 12.2 Å². The van der Waals surface area contributed by atoms with Gasteiger partial charge in [0.1, 0.15) is 19.0 Å². The zero-order valence-electron chi connectivity index (χ0n) is 17.0. The molecule has 0 bridgehead atoms. The summed E-state index contributed by atoms with van der Waals surface area (Å²) in [6.07, 6.45) is -3.33. The number of rotatable bonds is 6. The number of aromatic nitrogens is 2. The predicted octanol–water partition coefficient (Wildman–Crippen LogP) is 4.46. The van der Waals surface area contributed by atoms with E-state index >= 15 is 0 Å². The topological polar surface area (TPSA) is 47.4 Å². The van der Waals surface area contributed by atoms with E-state index in [0.29, 0.717) is 17.7 Å². The highest BCUT2D eigenvalue weighted by atomic mass is 19.4. The Morgan fingerprint density at radius 2 is 1.65 bits per heavy atom. The van der Waals surface area contributed by atoms with Gasteiger partial charge in [-0.25, -0.2) is 4.98 Å². The Kier molecular flexibility index (Phi) is 5.82. The summed E-state index contributed by atoms with van der Waals surface area (Å²) in [5.74, 6) is -0.129. The largest absolute Gasteiger partial charge is 0.482 e. The summed E-state index contributed by atoms with van der Waals surface area (Å²) in [4.78, 5) is 19.1. The van der Waals surface area contributed by atoms with Gasteiger partial charge in [-0.3, -0.25) is 14.3 Å². The number of hydrogen-bond donors (Lipinski definition) is 0. The van der Waals surface area contributed by atoms with Crippen LogP contribution in [-0.2, 0) is 26.2 Å². The van der Waals surface area contributed by atoms with Crippen LogP contribution in [0.25, 0.3) is 0 Å². The Bertz CT molecular complexity index is 1090. The monoisotopic (exact) mass is 429 g/mol. The molecule has 0 aliphatic carbocycles. The van der Waals surface area contributed by atoms with Crippen LogP contribution in [0.2, 0.25) is 0 Å². The van der Waals surface area contributed by atoms with Crippen LogP contribution in [-0.4, -0.2) is 20.6 Å². The summed E-state index contributed by atoms with van der Waals surface area (Å²) in [6.45, 7) is 1.60. The fraction of sp³-hybridized carbons (Fsp3) is 0.304. The molecule has 8 heteroatoms. The van der Waals surface area contributed by atoms with Gasteiger partial charge in [-0.05, 0) is 23.6 Å². The first-order valence-corrected chi connectivity index (χ1v) is 9.96. The van der Waals surface area contributed by atoms with Gasteiger partial charge in [-0.15, -0.1) is 0 Å². The van der Waals surface area contributed by atoms with Gasteiger partial charge in [-0.1, -0.05) is 54.6 Å². The maximum Gasteiger partial charge on any atom is 0.406 e. The van der Waals surface area contributed by atoms with E-state index in [1.807, 2.05) is 59.5 Å². The van der Waals surface area contributed by atoms with E-state index < -0.39 is 24.3 Å². The van der Waals surface area contributed by atoms with Crippen LogP contribution >= 0.6 is 0 Å². The number of hydrogen-bond acceptors (Lipinski definition) is 4. The van der Waals surface area contributed by atoms with Crippen LogP contribution in [0.3, 0.4) is 0 Å². The highest BCUT2D eigenvalue weighted by Crippen LogP contribution is 2.31. The molecule has 0 saturated carbocycles. The predicted molar refractivity (Wildman–Crippen MR) is 109 cm³/mol. The van der Waals surface area contributed by atoms with Gasteiger partial charge >= 0.3 is 6.18 Å². The Morgan fingerprint density at radius 3 is 2.26 bits per heavy atom. The lowest BCUT2D eigenvalue weighted by molar-refractivity contribution is -0.142. The molecule has 162 valence electrons. The normalized spacial score (nSPS) is 15.0. The molecule has 1 atom stereocenters. The summed E-state index contributed by atoms with van der Waals surface area (Å²) >= 11 is 0. The fourth-order valence-electron chi connectivity index (χ4n) is 3.78. The lowest BCUT2D eigenvalue weighted by atomic mass is 10.1. The van der Waals surface area contributed by atoms with E-state index in [9.17, 15) is 18.0 Å². The number of nitrogens with zero attached hydrogens (tertiary/aromatic N) is 3. The van der Waals surface area contributed by atoms with Crippen LogP contribution in [0.5, 0.6) is 5.75 Å². The zero-order chi connectivity index (χ0) is 22.0. The maximum atomic E-state index is 13.3. The van der Waals surface area contributed by atoms with Gasteiger partial charge in [-0.2, -0.15) is 13.2 Å². The smallest absolute Gasteiger partial charge is 0.406 e. The SMILES string of the molecule is C[C@@H](c1ncc(OCc2ccccc2)c(=O)n1CC(F)(F)F)N1Cc2ccccc2C1. The van der Waals surface area contributed by atoms with Crippen molar-refractivity contribution in [2.45, 2.75) is 45.4 Å². The second-order valence-electron chi connectivity index (χ2n) is 7.61. The van der Waals surface area contributed by atoms with E-state index in [1.54, 1.807) is 6.92 Å². The number of alkyl halides is 3. The number of fused-ring (bicyclic) bond motifs is 1. The molecule has 0 N–H and O–H groups in total. The minimum absolute atomic E-state index is 0.0696. The third-order valence-corrected chi connectivity index (χ3v) is 5.41. The summed E-state index contributed by atoms with van der Waals surface area (Å²) < 4.78 is 46.1. The highest BCUT2D eigenvalue weighted by Gasteiger charge is 2.33. The van der Waals surface area contributed by atoms with Gasteiger partial charge in [0.15, 0.2) is 0 Å². The van der Waals surface area contributed by atoms with E-state index in [1.165, 1.54) is 6.20 Å². The van der Waals surface area contributed by atoms with Crippen molar-refractivity contribution < 1.29 is 17.9 Å². The second kappa shape index (κ2) is 8.55. The molecule has 1 aromatic heterocycles. The van der Waals surface area contributed by atoms with Crippen molar-refractivity contribution in [1.29, 1.82) is 0 Å². The molecule has 0 amide bonds. The minimum Gasteiger partial charge on any atom is -0.482 e. The fourth-order valence-corrected chi connectivity index (χ4v) is 3.78. The number of halogens is 3. The summed E-state index contributed by atoms with van der Waals surface area (Å²) in [7, 11) is 0. The van der Waals surface area contributed by atoms with Crippen molar-refractivity contribution in [3.8, 4) is 5.75 Å². The van der Waals surface area contributed by atoms with Crippen LogP contribution in [0, 0.1) is 0 Å². The Morgan fingerprint density at radius 1 is 1.03 bits per heavy atom. The molecule has 0 saturated heterocycles. The Labute approximate surface area is 177 Å². The van der Waals surface area contributed by atoms with Gasteiger partial charge in [0, 0.05) is 13.1 Å². The van der Waals surface area contributed by atoms with Crippen molar-refractivity contribution in [2.75, 3.05) is 0 Å². The zero-order valence-corrected chi connectivity index (χ0v) is 17.0. The first-order chi connectivity index (χ1) is 14.8. The van der Waals surface area contributed by atoms with Gasteiger partial charge in [0.25, 0.3) is 5.56 Å². The molecule has 5 nitrogen and oxygen atoms in total. The van der Waals surface area contributed by atoms with Crippen LogP contribution in [0.4, 0.5) is 13.2 Å². The molecule has 0 radical (unpaired) electrons. The molecule has 4 rings (SSSR count). The molecule has 0 spiro atoms. The molecular formula is C23H22F3N3O2. The lowest BCUT2D eigenvalue weighted by Crippen LogP contribution is -2.35. The van der Waals surface area contributed by atoms with E-state index in [-0.39, 0.29) is 18.2 Å². The average molecular weight is 429 g/mol. The third-order valence-electron chi connectivity index (χ3n) is 5.41.